The highest BCUT2D eigenvalue weighted by molar-refractivity contribution is 9.11. The van der Waals surface area contributed by atoms with Crippen molar-refractivity contribution in [2.45, 2.75) is 0 Å². The zero-order chi connectivity index (χ0) is 13.8. The highest BCUT2D eigenvalue weighted by Crippen LogP contribution is 2.26. The van der Waals surface area contributed by atoms with Gasteiger partial charge in [-0.2, -0.15) is 0 Å². The van der Waals surface area contributed by atoms with Gasteiger partial charge in [0.25, 0.3) is 0 Å². The van der Waals surface area contributed by atoms with Gasteiger partial charge in [-0.1, -0.05) is 63.7 Å². The van der Waals surface area contributed by atoms with E-state index in [2.05, 4.69) is 63.7 Å². The van der Waals surface area contributed by atoms with E-state index in [1.54, 1.807) is 0 Å². The largest absolute Gasteiger partial charge is 0.658 e. The lowest BCUT2D eigenvalue weighted by Gasteiger charge is -2.08. The van der Waals surface area contributed by atoms with Gasteiger partial charge in [0.15, 0.2) is 0 Å². The van der Waals surface area contributed by atoms with Crippen LogP contribution in [0.15, 0.2) is 54.3 Å². The molecular formula is C12H6BBr4O2. The first kappa shape index (κ1) is 15.4. The topological polar surface area (TPSA) is 18.5 Å². The van der Waals surface area contributed by atoms with Crippen molar-refractivity contribution in [2.24, 2.45) is 0 Å². The van der Waals surface area contributed by atoms with Crippen molar-refractivity contribution in [1.29, 1.82) is 0 Å². The highest BCUT2D eigenvalue weighted by atomic mass is 79.9. The molecule has 0 bridgehead atoms. The van der Waals surface area contributed by atoms with E-state index in [4.69, 9.17) is 9.31 Å². The Morgan fingerprint density at radius 2 is 0.895 bits per heavy atom. The summed E-state index contributed by atoms with van der Waals surface area (Å²) < 4.78 is 14.5. The Labute approximate surface area is 145 Å². The number of rotatable bonds is 4. The molecule has 0 saturated heterocycles. The Morgan fingerprint density at radius 1 is 0.579 bits per heavy atom. The summed E-state index contributed by atoms with van der Waals surface area (Å²) in [6.45, 7) is 0. The van der Waals surface area contributed by atoms with E-state index >= 15 is 0 Å². The maximum Gasteiger partial charge on any atom is 0.658 e. The summed E-state index contributed by atoms with van der Waals surface area (Å²) in [7, 11) is 1.29. The molecule has 2 nitrogen and oxygen atoms in total. The van der Waals surface area contributed by atoms with Crippen molar-refractivity contribution in [1.82, 2.24) is 0 Å². The van der Waals surface area contributed by atoms with Gasteiger partial charge < -0.3 is 9.31 Å². The Hall–Kier alpha value is 0.0249. The molecule has 0 unspecified atom stereocenters. The van der Waals surface area contributed by atoms with Gasteiger partial charge in [-0.05, 0) is 36.4 Å². The minimum absolute atomic E-state index is 0.676. The molecule has 2 aromatic carbocycles. The van der Waals surface area contributed by atoms with Crippen LogP contribution in [-0.2, 0) is 0 Å². The summed E-state index contributed by atoms with van der Waals surface area (Å²) in [5, 5.41) is 0. The van der Waals surface area contributed by atoms with E-state index in [0.29, 0.717) is 11.5 Å². The molecule has 0 N–H and O–H groups in total. The van der Waals surface area contributed by atoms with Gasteiger partial charge >= 0.3 is 7.69 Å². The second-order valence-electron chi connectivity index (χ2n) is 3.54. The van der Waals surface area contributed by atoms with Gasteiger partial charge in [0.05, 0.1) is 0 Å². The average Bonchev–Trinajstić information content (AvgIpc) is 2.26. The zero-order valence-corrected chi connectivity index (χ0v) is 15.7. The Kier molecular flexibility index (Phi) is 5.80. The fraction of sp³-hybridized carbons (Fsp3) is 0. The molecule has 0 aliphatic carbocycles. The van der Waals surface area contributed by atoms with Crippen LogP contribution in [0.25, 0.3) is 0 Å². The fourth-order valence-corrected chi connectivity index (χ4v) is 3.83. The summed E-state index contributed by atoms with van der Waals surface area (Å²) in [5.74, 6) is 1.35. The molecular weight excluding hydrogens is 507 g/mol. The molecule has 0 fully saturated rings. The van der Waals surface area contributed by atoms with Crippen molar-refractivity contribution in [3.05, 3.63) is 54.3 Å². The standard InChI is InChI=1S/C12H6BBr4O2/c14-7-1-8(15)4-11(3-7)18-13-19-12-5-9(16)2-10(17)6-12/h1-6H. The summed E-state index contributed by atoms with van der Waals surface area (Å²) in [5.41, 5.74) is 0. The first-order valence-corrected chi connectivity index (χ1v) is 8.27. The van der Waals surface area contributed by atoms with Crippen LogP contribution in [0, 0.1) is 0 Å². The molecule has 0 atom stereocenters. The van der Waals surface area contributed by atoms with Gasteiger partial charge in [0.1, 0.15) is 11.5 Å². The van der Waals surface area contributed by atoms with E-state index in [-0.39, 0.29) is 0 Å². The summed E-state index contributed by atoms with van der Waals surface area (Å²) in [6.07, 6.45) is 0. The van der Waals surface area contributed by atoms with E-state index in [1.165, 1.54) is 7.69 Å². The van der Waals surface area contributed by atoms with Crippen LogP contribution in [0.1, 0.15) is 0 Å². The second kappa shape index (κ2) is 7.15. The molecule has 0 spiro atoms. The number of hydrogen-bond donors (Lipinski definition) is 0. The molecule has 0 aromatic heterocycles. The van der Waals surface area contributed by atoms with E-state index in [9.17, 15) is 0 Å². The van der Waals surface area contributed by atoms with E-state index < -0.39 is 0 Å². The maximum absolute atomic E-state index is 5.41. The van der Waals surface area contributed by atoms with Crippen LogP contribution in [0.4, 0.5) is 0 Å². The molecule has 0 heterocycles. The van der Waals surface area contributed by atoms with Crippen LogP contribution in [0.5, 0.6) is 11.5 Å². The molecule has 7 heteroatoms. The van der Waals surface area contributed by atoms with Crippen LogP contribution >= 0.6 is 63.7 Å². The minimum Gasteiger partial charge on any atom is -0.526 e. The molecule has 2 rings (SSSR count). The van der Waals surface area contributed by atoms with Crippen molar-refractivity contribution < 1.29 is 9.31 Å². The Bertz CT molecular complexity index is 500. The lowest BCUT2D eigenvalue weighted by atomic mass is 10.3. The SMILES string of the molecule is Brc1cc(Br)cc(O[B]Oc2cc(Br)cc(Br)c2)c1. The Morgan fingerprint density at radius 3 is 1.21 bits per heavy atom. The summed E-state index contributed by atoms with van der Waals surface area (Å²) in [4.78, 5) is 0. The Balaban J connectivity index is 1.96. The molecule has 1 radical (unpaired) electrons. The average molecular weight is 513 g/mol. The fourth-order valence-electron chi connectivity index (χ4n) is 1.33. The first-order valence-electron chi connectivity index (χ1n) is 5.10. The van der Waals surface area contributed by atoms with Crippen LogP contribution < -0.4 is 9.31 Å². The normalized spacial score (nSPS) is 10.1. The molecule has 2 aromatic rings. The predicted octanol–water partition coefficient (Wildman–Crippen LogP) is 5.73. The van der Waals surface area contributed by atoms with Gasteiger partial charge in [0.2, 0.25) is 0 Å². The second-order valence-corrected chi connectivity index (χ2v) is 7.20. The van der Waals surface area contributed by atoms with E-state index in [1.807, 2.05) is 36.4 Å². The molecule has 0 aliphatic rings. The van der Waals surface area contributed by atoms with Crippen LogP contribution in [0.2, 0.25) is 0 Å². The molecule has 0 amide bonds. The smallest absolute Gasteiger partial charge is 0.526 e. The van der Waals surface area contributed by atoms with Gasteiger partial charge in [-0.25, -0.2) is 0 Å². The van der Waals surface area contributed by atoms with Crippen molar-refractivity contribution >= 4 is 71.4 Å². The predicted molar refractivity (Wildman–Crippen MR) is 90.7 cm³/mol. The maximum atomic E-state index is 5.41. The summed E-state index contributed by atoms with van der Waals surface area (Å²) in [6, 6.07) is 11.3. The minimum atomic E-state index is 0.676. The molecule has 97 valence electrons. The monoisotopic (exact) mass is 509 g/mol. The van der Waals surface area contributed by atoms with Crippen molar-refractivity contribution in [3.63, 3.8) is 0 Å². The van der Waals surface area contributed by atoms with Crippen molar-refractivity contribution in [3.8, 4) is 11.5 Å². The first-order chi connectivity index (χ1) is 9.02. The van der Waals surface area contributed by atoms with Gasteiger partial charge in [-0.3, -0.25) is 0 Å². The zero-order valence-electron chi connectivity index (χ0n) is 9.37. The quantitative estimate of drug-likeness (QED) is 0.488. The third-order valence-corrected chi connectivity index (χ3v) is 3.87. The molecule has 19 heavy (non-hydrogen) atoms. The lowest BCUT2D eigenvalue weighted by Crippen LogP contribution is -2.10. The van der Waals surface area contributed by atoms with Crippen LogP contribution in [-0.4, -0.2) is 7.69 Å². The number of benzene rings is 2. The molecule has 0 aliphatic heterocycles. The number of hydrogen-bond acceptors (Lipinski definition) is 2. The van der Waals surface area contributed by atoms with Gasteiger partial charge in [-0.15, -0.1) is 0 Å². The summed E-state index contributed by atoms with van der Waals surface area (Å²) >= 11 is 13.6. The highest BCUT2D eigenvalue weighted by Gasteiger charge is 2.05. The van der Waals surface area contributed by atoms with Crippen LogP contribution in [0.3, 0.4) is 0 Å². The third kappa shape index (κ3) is 5.13. The van der Waals surface area contributed by atoms with Gasteiger partial charge in [0, 0.05) is 17.9 Å². The third-order valence-electron chi connectivity index (χ3n) is 2.04. The lowest BCUT2D eigenvalue weighted by molar-refractivity contribution is 0.458. The van der Waals surface area contributed by atoms with Crippen molar-refractivity contribution in [2.75, 3.05) is 0 Å². The molecule has 0 saturated carbocycles. The number of halogens is 4. The van der Waals surface area contributed by atoms with E-state index in [0.717, 1.165) is 17.9 Å².